The normalized spacial score (nSPS) is 9.92. The molecule has 0 unspecified atom stereocenters. The summed E-state index contributed by atoms with van der Waals surface area (Å²) in [6.45, 7) is 0. The highest BCUT2D eigenvalue weighted by Gasteiger charge is 2.01. The van der Waals surface area contributed by atoms with Gasteiger partial charge in [-0.2, -0.15) is 0 Å². The average molecular weight is 171 g/mol. The first-order chi connectivity index (χ1) is 6.38. The predicted molar refractivity (Wildman–Crippen MR) is 50.7 cm³/mol. The van der Waals surface area contributed by atoms with Crippen LogP contribution < -0.4 is 0 Å². The van der Waals surface area contributed by atoms with E-state index in [1.54, 1.807) is 18.2 Å². The second-order valence-corrected chi connectivity index (χ2v) is 2.76. The molecule has 0 aliphatic rings. The number of hydrogen-bond donors (Lipinski definition) is 0. The molecule has 0 N–H and O–H groups in total. The van der Waals surface area contributed by atoms with Crippen LogP contribution in [0.2, 0.25) is 0 Å². The molecule has 0 aliphatic heterocycles. The third-order valence-corrected chi connectivity index (χ3v) is 1.87. The molecule has 2 aromatic rings. The first-order valence-electron chi connectivity index (χ1n) is 4.09. The molecule has 0 heterocycles. The number of hydrogen-bond acceptors (Lipinski definition) is 0. The number of rotatable bonds is 1. The lowest BCUT2D eigenvalue weighted by atomic mass is 10.1. The van der Waals surface area contributed by atoms with Gasteiger partial charge in [0.05, 0.1) is 0 Å². The van der Waals surface area contributed by atoms with E-state index in [2.05, 4.69) is 6.07 Å². The Balaban J connectivity index is 2.54. The molecule has 0 bridgehead atoms. The Bertz CT molecular complexity index is 393. The summed E-state index contributed by atoms with van der Waals surface area (Å²) in [7, 11) is 0. The monoisotopic (exact) mass is 171 g/mol. The van der Waals surface area contributed by atoms with Crippen molar-refractivity contribution in [1.29, 1.82) is 0 Å². The minimum atomic E-state index is -0.204. The fourth-order valence-electron chi connectivity index (χ4n) is 1.24. The smallest absolute Gasteiger partial charge is 0.131 e. The molecule has 0 nitrogen and oxygen atoms in total. The van der Waals surface area contributed by atoms with Gasteiger partial charge in [0, 0.05) is 5.56 Å². The molecule has 1 radical (unpaired) electrons. The van der Waals surface area contributed by atoms with E-state index >= 15 is 0 Å². The molecule has 13 heavy (non-hydrogen) atoms. The molecule has 0 spiro atoms. The zero-order valence-electron chi connectivity index (χ0n) is 7.00. The van der Waals surface area contributed by atoms with Crippen LogP contribution in [0.1, 0.15) is 0 Å². The summed E-state index contributed by atoms with van der Waals surface area (Å²) in [5.41, 5.74) is 1.39. The minimum absolute atomic E-state index is 0.204. The Morgan fingerprint density at radius 3 is 2.38 bits per heavy atom. The van der Waals surface area contributed by atoms with Crippen LogP contribution in [0.4, 0.5) is 4.39 Å². The van der Waals surface area contributed by atoms with Crippen LogP contribution in [0, 0.1) is 11.9 Å². The third-order valence-electron chi connectivity index (χ3n) is 1.87. The van der Waals surface area contributed by atoms with Gasteiger partial charge in [-0.25, -0.2) is 4.39 Å². The fourth-order valence-corrected chi connectivity index (χ4v) is 1.24. The molecule has 0 saturated carbocycles. The van der Waals surface area contributed by atoms with Crippen molar-refractivity contribution in [3.8, 4) is 11.1 Å². The van der Waals surface area contributed by atoms with Crippen molar-refractivity contribution < 1.29 is 4.39 Å². The predicted octanol–water partition coefficient (Wildman–Crippen LogP) is 3.29. The molecule has 0 aromatic heterocycles. The van der Waals surface area contributed by atoms with E-state index in [0.29, 0.717) is 5.56 Å². The Labute approximate surface area is 76.7 Å². The van der Waals surface area contributed by atoms with Crippen LogP contribution in [-0.4, -0.2) is 0 Å². The molecular weight excluding hydrogens is 163 g/mol. The van der Waals surface area contributed by atoms with Crippen molar-refractivity contribution >= 4 is 0 Å². The lowest BCUT2D eigenvalue weighted by Gasteiger charge is -2.00. The standard InChI is InChI=1S/C12H8F/c13-12-9-5-4-8-11(12)10-6-2-1-3-7-10/h1-6,8-9H. The van der Waals surface area contributed by atoms with Crippen LogP contribution in [-0.2, 0) is 0 Å². The van der Waals surface area contributed by atoms with E-state index in [-0.39, 0.29) is 5.82 Å². The van der Waals surface area contributed by atoms with Gasteiger partial charge in [-0.3, -0.25) is 0 Å². The lowest BCUT2D eigenvalue weighted by molar-refractivity contribution is 0.631. The Morgan fingerprint density at radius 2 is 1.69 bits per heavy atom. The second kappa shape index (κ2) is 3.40. The maximum atomic E-state index is 13.3. The number of benzene rings is 2. The van der Waals surface area contributed by atoms with Gasteiger partial charge in [0.15, 0.2) is 0 Å². The zero-order valence-corrected chi connectivity index (χ0v) is 7.00. The highest BCUT2D eigenvalue weighted by molar-refractivity contribution is 5.62. The van der Waals surface area contributed by atoms with E-state index in [1.807, 2.05) is 24.3 Å². The molecule has 0 saturated heterocycles. The van der Waals surface area contributed by atoms with Gasteiger partial charge >= 0.3 is 0 Å². The average Bonchev–Trinajstić information content (AvgIpc) is 2.20. The van der Waals surface area contributed by atoms with Gasteiger partial charge in [-0.1, -0.05) is 42.5 Å². The summed E-state index contributed by atoms with van der Waals surface area (Å²) in [6, 6.07) is 17.1. The van der Waals surface area contributed by atoms with Gasteiger partial charge in [-0.15, -0.1) is 0 Å². The van der Waals surface area contributed by atoms with Crippen molar-refractivity contribution in [2.75, 3.05) is 0 Å². The topological polar surface area (TPSA) is 0 Å². The highest BCUT2D eigenvalue weighted by atomic mass is 19.1. The molecule has 63 valence electrons. The first-order valence-corrected chi connectivity index (χ1v) is 4.09. The fraction of sp³-hybridized carbons (Fsp3) is 0. The Morgan fingerprint density at radius 1 is 0.923 bits per heavy atom. The maximum Gasteiger partial charge on any atom is 0.131 e. The van der Waals surface area contributed by atoms with E-state index in [9.17, 15) is 4.39 Å². The van der Waals surface area contributed by atoms with E-state index in [1.165, 1.54) is 6.07 Å². The van der Waals surface area contributed by atoms with E-state index in [4.69, 9.17) is 0 Å². The van der Waals surface area contributed by atoms with Gasteiger partial charge in [-0.05, 0) is 17.7 Å². The first kappa shape index (κ1) is 7.99. The summed E-state index contributed by atoms with van der Waals surface area (Å²) in [5, 5.41) is 0. The molecule has 2 aromatic carbocycles. The van der Waals surface area contributed by atoms with Crippen LogP contribution >= 0.6 is 0 Å². The van der Waals surface area contributed by atoms with Crippen molar-refractivity contribution in [2.45, 2.75) is 0 Å². The van der Waals surface area contributed by atoms with Crippen molar-refractivity contribution in [3.63, 3.8) is 0 Å². The Kier molecular flexibility index (Phi) is 2.09. The van der Waals surface area contributed by atoms with Crippen LogP contribution in [0.3, 0.4) is 0 Å². The summed E-state index contributed by atoms with van der Waals surface area (Å²) < 4.78 is 13.3. The largest absolute Gasteiger partial charge is 0.206 e. The molecule has 2 rings (SSSR count). The van der Waals surface area contributed by atoms with Gasteiger partial charge in [0.1, 0.15) is 5.82 Å². The number of halogens is 1. The summed E-state index contributed by atoms with van der Waals surface area (Å²) >= 11 is 0. The SMILES string of the molecule is Fc1ccccc1-c1[c]cccc1. The van der Waals surface area contributed by atoms with Crippen molar-refractivity contribution in [3.05, 3.63) is 60.4 Å². The maximum absolute atomic E-state index is 13.3. The Hall–Kier alpha value is -1.63. The molecule has 0 atom stereocenters. The van der Waals surface area contributed by atoms with Crippen molar-refractivity contribution in [1.82, 2.24) is 0 Å². The van der Waals surface area contributed by atoms with Gasteiger partial charge < -0.3 is 0 Å². The zero-order chi connectivity index (χ0) is 9.10. The lowest BCUT2D eigenvalue weighted by Crippen LogP contribution is -1.82. The summed E-state index contributed by atoms with van der Waals surface area (Å²) in [4.78, 5) is 0. The molecule has 0 amide bonds. The molecule has 0 aliphatic carbocycles. The van der Waals surface area contributed by atoms with Gasteiger partial charge in [0.2, 0.25) is 0 Å². The molecular formula is C12H8F. The van der Waals surface area contributed by atoms with Crippen LogP contribution in [0.15, 0.2) is 48.5 Å². The van der Waals surface area contributed by atoms with Crippen molar-refractivity contribution in [2.24, 2.45) is 0 Å². The quantitative estimate of drug-likeness (QED) is 0.617. The molecule has 0 fully saturated rings. The van der Waals surface area contributed by atoms with Crippen LogP contribution in [0.5, 0.6) is 0 Å². The van der Waals surface area contributed by atoms with E-state index in [0.717, 1.165) is 5.56 Å². The van der Waals surface area contributed by atoms with E-state index < -0.39 is 0 Å². The highest BCUT2D eigenvalue weighted by Crippen LogP contribution is 2.20. The summed E-state index contributed by atoms with van der Waals surface area (Å²) in [5.74, 6) is -0.204. The van der Waals surface area contributed by atoms with Gasteiger partial charge in [0.25, 0.3) is 0 Å². The third kappa shape index (κ3) is 1.59. The molecule has 1 heteroatoms. The minimum Gasteiger partial charge on any atom is -0.206 e. The summed E-state index contributed by atoms with van der Waals surface area (Å²) in [6.07, 6.45) is 0. The van der Waals surface area contributed by atoms with Crippen LogP contribution in [0.25, 0.3) is 11.1 Å². The second-order valence-electron chi connectivity index (χ2n) is 2.76.